The van der Waals surface area contributed by atoms with Crippen LogP contribution in [0, 0.1) is 6.92 Å². The Labute approximate surface area is 103 Å². The molecular weight excluding hydrogens is 325 g/mol. The molecule has 0 fully saturated rings. The number of hydrogen-bond donors (Lipinski definition) is 1. The molecule has 1 heterocycles. The molecule has 0 bridgehead atoms. The summed E-state index contributed by atoms with van der Waals surface area (Å²) in [6.45, 7) is 1.92. The highest BCUT2D eigenvalue weighted by atomic mass is 127. The largest absolute Gasteiger partial charge is 0.507 e. The van der Waals surface area contributed by atoms with Gasteiger partial charge in [0.05, 0.1) is 11.1 Å². The van der Waals surface area contributed by atoms with Crippen LogP contribution in [0.4, 0.5) is 0 Å². The zero-order chi connectivity index (χ0) is 11.0. The highest BCUT2D eigenvalue weighted by Crippen LogP contribution is 2.33. The normalized spacial score (nSPS) is 10.8. The van der Waals surface area contributed by atoms with Crippen LogP contribution in [0.15, 0.2) is 18.3 Å². The molecule has 0 radical (unpaired) electrons. The standard InChI is InChI=1S/C10H8INO2S/c1-6-4-9(14)8(5-13)7-2-3-12(15-11)10(6)7/h2-5,14H,1H3. The topological polar surface area (TPSA) is 42.2 Å². The van der Waals surface area contributed by atoms with Crippen molar-refractivity contribution in [1.82, 2.24) is 3.97 Å². The first-order valence-electron chi connectivity index (χ1n) is 4.27. The van der Waals surface area contributed by atoms with E-state index in [0.717, 1.165) is 16.5 Å². The fourth-order valence-corrected chi connectivity index (χ4v) is 3.09. The molecular formula is C10H8INO2S. The van der Waals surface area contributed by atoms with Crippen molar-refractivity contribution < 1.29 is 9.90 Å². The van der Waals surface area contributed by atoms with Gasteiger partial charge in [0, 0.05) is 41.9 Å². The van der Waals surface area contributed by atoms with Gasteiger partial charge in [0.25, 0.3) is 0 Å². The molecule has 15 heavy (non-hydrogen) atoms. The molecule has 3 nitrogen and oxygen atoms in total. The van der Waals surface area contributed by atoms with Gasteiger partial charge in [0.1, 0.15) is 5.75 Å². The van der Waals surface area contributed by atoms with Gasteiger partial charge >= 0.3 is 0 Å². The summed E-state index contributed by atoms with van der Waals surface area (Å²) in [6, 6.07) is 3.47. The molecule has 1 aromatic carbocycles. The van der Waals surface area contributed by atoms with Crippen LogP contribution in [0.5, 0.6) is 5.75 Å². The molecule has 0 unspecified atom stereocenters. The monoisotopic (exact) mass is 333 g/mol. The number of aryl methyl sites for hydroxylation is 1. The summed E-state index contributed by atoms with van der Waals surface area (Å²) in [4.78, 5) is 10.9. The predicted octanol–water partition coefficient (Wildman–Crippen LogP) is 3.31. The van der Waals surface area contributed by atoms with Gasteiger partial charge in [-0.05, 0) is 24.6 Å². The van der Waals surface area contributed by atoms with Crippen molar-refractivity contribution in [2.75, 3.05) is 0 Å². The second-order valence-electron chi connectivity index (χ2n) is 3.22. The van der Waals surface area contributed by atoms with Gasteiger partial charge in [-0.25, -0.2) is 0 Å². The van der Waals surface area contributed by atoms with Crippen molar-refractivity contribution in [3.05, 3.63) is 29.5 Å². The van der Waals surface area contributed by atoms with E-state index in [4.69, 9.17) is 0 Å². The summed E-state index contributed by atoms with van der Waals surface area (Å²) in [5.41, 5.74) is 2.30. The second-order valence-corrected chi connectivity index (χ2v) is 4.93. The Morgan fingerprint density at radius 1 is 1.60 bits per heavy atom. The van der Waals surface area contributed by atoms with Crippen molar-refractivity contribution in [2.24, 2.45) is 0 Å². The van der Waals surface area contributed by atoms with Crippen LogP contribution in [0.25, 0.3) is 10.9 Å². The number of halogens is 1. The van der Waals surface area contributed by atoms with Gasteiger partial charge in [-0.2, -0.15) is 0 Å². The smallest absolute Gasteiger partial charge is 0.154 e. The predicted molar refractivity (Wildman–Crippen MR) is 70.7 cm³/mol. The van der Waals surface area contributed by atoms with Crippen LogP contribution >= 0.6 is 30.3 Å². The lowest BCUT2D eigenvalue weighted by atomic mass is 10.1. The molecule has 0 aliphatic rings. The van der Waals surface area contributed by atoms with E-state index in [1.165, 1.54) is 9.12 Å². The van der Waals surface area contributed by atoms with Crippen molar-refractivity contribution >= 4 is 47.5 Å². The van der Waals surface area contributed by atoms with E-state index in [-0.39, 0.29) is 5.75 Å². The molecule has 0 saturated carbocycles. The maximum Gasteiger partial charge on any atom is 0.154 e. The lowest BCUT2D eigenvalue weighted by Crippen LogP contribution is -1.89. The van der Waals surface area contributed by atoms with Crippen LogP contribution in [0.3, 0.4) is 0 Å². The van der Waals surface area contributed by atoms with Gasteiger partial charge in [0.15, 0.2) is 6.29 Å². The van der Waals surface area contributed by atoms with Crippen molar-refractivity contribution in [1.29, 1.82) is 0 Å². The van der Waals surface area contributed by atoms with Crippen molar-refractivity contribution in [3.8, 4) is 5.75 Å². The summed E-state index contributed by atoms with van der Waals surface area (Å²) in [6.07, 6.45) is 2.58. The SMILES string of the molecule is Cc1cc(O)c(C=O)c2ccn(SI)c12. The number of nitrogens with zero attached hydrogens (tertiary/aromatic N) is 1. The first-order valence-corrected chi connectivity index (χ1v) is 7.58. The van der Waals surface area contributed by atoms with Crippen molar-refractivity contribution in [3.63, 3.8) is 0 Å². The maximum absolute atomic E-state index is 10.9. The molecule has 2 aromatic rings. The van der Waals surface area contributed by atoms with Crippen LogP contribution in [0.2, 0.25) is 0 Å². The zero-order valence-corrected chi connectivity index (χ0v) is 10.9. The lowest BCUT2D eigenvalue weighted by molar-refractivity contribution is 0.112. The van der Waals surface area contributed by atoms with Crippen LogP contribution < -0.4 is 0 Å². The minimum Gasteiger partial charge on any atom is -0.507 e. The summed E-state index contributed by atoms with van der Waals surface area (Å²) in [5.74, 6) is 0.0474. The number of phenols is 1. The minimum absolute atomic E-state index is 0.0474. The average molecular weight is 333 g/mol. The van der Waals surface area contributed by atoms with Gasteiger partial charge < -0.3 is 5.11 Å². The van der Waals surface area contributed by atoms with Crippen LogP contribution in [-0.4, -0.2) is 15.4 Å². The van der Waals surface area contributed by atoms with E-state index in [2.05, 4.69) is 21.2 Å². The third kappa shape index (κ3) is 1.63. The van der Waals surface area contributed by atoms with Gasteiger partial charge in [0.2, 0.25) is 0 Å². The number of hydrogen-bond acceptors (Lipinski definition) is 3. The summed E-state index contributed by atoms with van der Waals surface area (Å²) in [5, 5.41) is 10.4. The number of benzene rings is 1. The Morgan fingerprint density at radius 3 is 2.93 bits per heavy atom. The Balaban J connectivity index is 2.92. The molecule has 1 aromatic heterocycles. The van der Waals surface area contributed by atoms with E-state index in [1.54, 1.807) is 6.07 Å². The van der Waals surface area contributed by atoms with E-state index in [0.29, 0.717) is 11.8 Å². The number of aldehydes is 1. The maximum atomic E-state index is 10.9. The number of phenolic OH excluding ortho intramolecular Hbond substituents is 1. The molecule has 5 heteroatoms. The van der Waals surface area contributed by atoms with E-state index in [9.17, 15) is 9.90 Å². The molecule has 2 rings (SSSR count). The summed E-state index contributed by atoms with van der Waals surface area (Å²) < 4.78 is 1.97. The summed E-state index contributed by atoms with van der Waals surface area (Å²) >= 11 is 2.18. The van der Waals surface area contributed by atoms with E-state index >= 15 is 0 Å². The van der Waals surface area contributed by atoms with E-state index < -0.39 is 0 Å². The Hall–Kier alpha value is -0.690. The number of rotatable bonds is 2. The fourth-order valence-electron chi connectivity index (χ4n) is 1.69. The Morgan fingerprint density at radius 2 is 2.33 bits per heavy atom. The lowest BCUT2D eigenvalue weighted by Gasteiger charge is -2.05. The zero-order valence-electron chi connectivity index (χ0n) is 7.90. The quantitative estimate of drug-likeness (QED) is 0.677. The van der Waals surface area contributed by atoms with Gasteiger partial charge in [-0.1, -0.05) is 0 Å². The van der Waals surface area contributed by atoms with E-state index in [1.807, 2.05) is 23.2 Å². The third-order valence-electron chi connectivity index (χ3n) is 2.34. The number of aromatic hydroxyl groups is 1. The highest BCUT2D eigenvalue weighted by Gasteiger charge is 2.12. The molecule has 78 valence electrons. The molecule has 0 aliphatic heterocycles. The molecule has 0 aliphatic carbocycles. The minimum atomic E-state index is 0.0474. The van der Waals surface area contributed by atoms with Crippen LogP contribution in [0.1, 0.15) is 15.9 Å². The van der Waals surface area contributed by atoms with Gasteiger partial charge in [-0.15, -0.1) is 0 Å². The van der Waals surface area contributed by atoms with Gasteiger partial charge in [-0.3, -0.25) is 8.77 Å². The molecule has 0 amide bonds. The van der Waals surface area contributed by atoms with Crippen LogP contribution in [-0.2, 0) is 0 Å². The second kappa shape index (κ2) is 4.05. The number of aromatic nitrogens is 1. The molecule has 0 spiro atoms. The third-order valence-corrected chi connectivity index (χ3v) is 4.06. The molecule has 0 atom stereocenters. The highest BCUT2D eigenvalue weighted by molar-refractivity contribution is 14.2. The number of carbonyl (C=O) groups is 1. The molecule has 0 saturated heterocycles. The Kier molecular flexibility index (Phi) is 2.92. The summed E-state index contributed by atoms with van der Waals surface area (Å²) in [7, 11) is 1.53. The first kappa shape index (κ1) is 10.8. The molecule has 1 N–H and O–H groups in total. The number of fused-ring (bicyclic) bond motifs is 1. The average Bonchev–Trinajstić information content (AvgIpc) is 2.62. The Bertz CT molecular complexity index is 536. The number of carbonyl (C=O) groups excluding carboxylic acids is 1. The van der Waals surface area contributed by atoms with Crippen molar-refractivity contribution in [2.45, 2.75) is 6.92 Å². The fraction of sp³-hybridized carbons (Fsp3) is 0.100. The first-order chi connectivity index (χ1) is 7.19.